The summed E-state index contributed by atoms with van der Waals surface area (Å²) in [6.07, 6.45) is 5.43. The van der Waals surface area contributed by atoms with E-state index in [-0.39, 0.29) is 0 Å². The van der Waals surface area contributed by atoms with Crippen molar-refractivity contribution < 1.29 is 0 Å². The van der Waals surface area contributed by atoms with E-state index in [1.165, 1.54) is 25.7 Å². The summed E-state index contributed by atoms with van der Waals surface area (Å²) < 4.78 is 0. The smallest absolute Gasteiger partial charge is 0.0303 e. The third kappa shape index (κ3) is 3.27. The van der Waals surface area contributed by atoms with E-state index in [0.29, 0.717) is 5.41 Å². The topological polar surface area (TPSA) is 0 Å². The molecule has 0 heteroatoms. The number of rotatable bonds is 5. The van der Waals surface area contributed by atoms with Crippen molar-refractivity contribution in [3.63, 3.8) is 0 Å². The molecule has 0 rings (SSSR count). The predicted octanol–water partition coefficient (Wildman–Crippen LogP) is 4.25. The zero-order valence-corrected chi connectivity index (χ0v) is 8.91. The van der Waals surface area contributed by atoms with Crippen LogP contribution in [0.1, 0.15) is 60.3 Å². The fourth-order valence-electron chi connectivity index (χ4n) is 1.84. The van der Waals surface area contributed by atoms with Crippen molar-refractivity contribution in [3.05, 3.63) is 0 Å². The Labute approximate surface area is 72.4 Å². The minimum Gasteiger partial charge on any atom is -0.0654 e. The first-order valence-corrected chi connectivity index (χ1v) is 5.06. The van der Waals surface area contributed by atoms with Crippen molar-refractivity contribution in [3.8, 4) is 0 Å². The third-order valence-corrected chi connectivity index (χ3v) is 3.04. The Hall–Kier alpha value is 0. The summed E-state index contributed by atoms with van der Waals surface area (Å²) >= 11 is 0. The minimum absolute atomic E-state index is 0.601. The second-order valence-corrected chi connectivity index (χ2v) is 4.31. The van der Waals surface area contributed by atoms with Gasteiger partial charge in [-0.2, -0.15) is 0 Å². The van der Waals surface area contributed by atoms with Gasteiger partial charge in [0.1, 0.15) is 0 Å². The quantitative estimate of drug-likeness (QED) is 0.558. The summed E-state index contributed by atoms with van der Waals surface area (Å²) in [5, 5.41) is 0. The van der Waals surface area contributed by atoms with Crippen LogP contribution in [-0.4, -0.2) is 0 Å². The fourth-order valence-corrected chi connectivity index (χ4v) is 1.84. The molecule has 0 saturated heterocycles. The Balaban J connectivity index is 4.01. The highest BCUT2D eigenvalue weighted by Crippen LogP contribution is 2.36. The van der Waals surface area contributed by atoms with Crippen LogP contribution >= 0.6 is 0 Å². The number of hydrogen-bond donors (Lipinski definition) is 0. The van der Waals surface area contributed by atoms with Crippen LogP contribution in [-0.2, 0) is 0 Å². The van der Waals surface area contributed by atoms with Crippen LogP contribution in [0, 0.1) is 11.3 Å². The van der Waals surface area contributed by atoms with Gasteiger partial charge in [0.05, 0.1) is 0 Å². The van der Waals surface area contributed by atoms with Crippen molar-refractivity contribution in [2.45, 2.75) is 60.3 Å². The maximum Gasteiger partial charge on any atom is -0.0303 e. The molecule has 0 N–H and O–H groups in total. The standard InChI is InChI=1S/C11H24/c1-6-8-11(5,9-7-2)10(3)4/h10H,6-9H2,1-5H3. The van der Waals surface area contributed by atoms with E-state index in [0.717, 1.165) is 5.92 Å². The molecule has 0 aliphatic heterocycles. The second-order valence-electron chi connectivity index (χ2n) is 4.31. The lowest BCUT2D eigenvalue weighted by Gasteiger charge is -2.33. The largest absolute Gasteiger partial charge is 0.0654 e. The minimum atomic E-state index is 0.601. The average molecular weight is 156 g/mol. The van der Waals surface area contributed by atoms with E-state index in [1.807, 2.05) is 0 Å². The molecule has 11 heavy (non-hydrogen) atoms. The van der Waals surface area contributed by atoms with Crippen molar-refractivity contribution in [1.82, 2.24) is 0 Å². The molecule has 0 aliphatic carbocycles. The Morgan fingerprint density at radius 3 is 1.55 bits per heavy atom. The van der Waals surface area contributed by atoms with Gasteiger partial charge in [0, 0.05) is 0 Å². The highest BCUT2D eigenvalue weighted by atomic mass is 14.3. The Bertz CT molecular complexity index is 86.2. The van der Waals surface area contributed by atoms with Crippen LogP contribution in [0.5, 0.6) is 0 Å². The molecule has 0 nitrogen and oxygen atoms in total. The monoisotopic (exact) mass is 156 g/mol. The second kappa shape index (κ2) is 4.79. The molecule has 0 atom stereocenters. The molecular weight excluding hydrogens is 132 g/mol. The van der Waals surface area contributed by atoms with Gasteiger partial charge in [-0.05, 0) is 24.2 Å². The molecule has 0 unspecified atom stereocenters. The maximum atomic E-state index is 2.44. The summed E-state index contributed by atoms with van der Waals surface area (Å²) in [4.78, 5) is 0. The van der Waals surface area contributed by atoms with Crippen molar-refractivity contribution in [2.24, 2.45) is 11.3 Å². The zero-order valence-electron chi connectivity index (χ0n) is 8.91. The first kappa shape index (κ1) is 11.0. The summed E-state index contributed by atoms with van der Waals surface area (Å²) in [5.74, 6) is 0.836. The Morgan fingerprint density at radius 1 is 1.00 bits per heavy atom. The molecule has 0 aromatic rings. The summed E-state index contributed by atoms with van der Waals surface area (Å²) in [6, 6.07) is 0. The van der Waals surface area contributed by atoms with Crippen molar-refractivity contribution in [1.29, 1.82) is 0 Å². The fraction of sp³-hybridized carbons (Fsp3) is 1.00. The van der Waals surface area contributed by atoms with E-state index in [1.54, 1.807) is 0 Å². The molecular formula is C11H24. The molecule has 0 radical (unpaired) electrons. The van der Waals surface area contributed by atoms with Gasteiger partial charge in [-0.25, -0.2) is 0 Å². The molecule has 0 fully saturated rings. The summed E-state index contributed by atoms with van der Waals surface area (Å²) in [6.45, 7) is 11.7. The van der Waals surface area contributed by atoms with Gasteiger partial charge < -0.3 is 0 Å². The van der Waals surface area contributed by atoms with Crippen LogP contribution in [0.15, 0.2) is 0 Å². The molecule has 0 aromatic heterocycles. The normalized spacial score (nSPS) is 12.5. The van der Waals surface area contributed by atoms with Crippen LogP contribution in [0.3, 0.4) is 0 Å². The molecule has 0 spiro atoms. The van der Waals surface area contributed by atoms with Gasteiger partial charge in [0.25, 0.3) is 0 Å². The lowest BCUT2D eigenvalue weighted by atomic mass is 9.72. The SMILES string of the molecule is CCCC(C)(CCC)C(C)C. The molecule has 0 aliphatic rings. The first-order valence-electron chi connectivity index (χ1n) is 5.06. The predicted molar refractivity (Wildman–Crippen MR) is 52.8 cm³/mol. The summed E-state index contributed by atoms with van der Waals surface area (Å²) in [7, 11) is 0. The molecule has 0 bridgehead atoms. The van der Waals surface area contributed by atoms with E-state index in [2.05, 4.69) is 34.6 Å². The van der Waals surface area contributed by atoms with Crippen LogP contribution in [0.4, 0.5) is 0 Å². The highest BCUT2D eigenvalue weighted by Gasteiger charge is 2.25. The van der Waals surface area contributed by atoms with Crippen LogP contribution in [0.2, 0.25) is 0 Å². The Kier molecular flexibility index (Phi) is 4.79. The van der Waals surface area contributed by atoms with E-state index in [4.69, 9.17) is 0 Å². The van der Waals surface area contributed by atoms with Gasteiger partial charge in [0.2, 0.25) is 0 Å². The first-order chi connectivity index (χ1) is 5.06. The van der Waals surface area contributed by atoms with Gasteiger partial charge in [-0.15, -0.1) is 0 Å². The van der Waals surface area contributed by atoms with Gasteiger partial charge in [0.15, 0.2) is 0 Å². The lowest BCUT2D eigenvalue weighted by Crippen LogP contribution is -2.22. The molecule has 0 amide bonds. The van der Waals surface area contributed by atoms with Crippen molar-refractivity contribution in [2.75, 3.05) is 0 Å². The maximum absolute atomic E-state index is 2.44. The van der Waals surface area contributed by atoms with Gasteiger partial charge in [-0.1, -0.05) is 47.5 Å². The van der Waals surface area contributed by atoms with E-state index >= 15 is 0 Å². The van der Waals surface area contributed by atoms with Crippen molar-refractivity contribution >= 4 is 0 Å². The van der Waals surface area contributed by atoms with Gasteiger partial charge in [-0.3, -0.25) is 0 Å². The van der Waals surface area contributed by atoms with Gasteiger partial charge >= 0.3 is 0 Å². The molecule has 68 valence electrons. The lowest BCUT2D eigenvalue weighted by molar-refractivity contribution is 0.178. The molecule has 0 aromatic carbocycles. The zero-order chi connectivity index (χ0) is 8.91. The molecule has 0 saturated carbocycles. The Morgan fingerprint density at radius 2 is 1.36 bits per heavy atom. The van der Waals surface area contributed by atoms with Crippen LogP contribution in [0.25, 0.3) is 0 Å². The summed E-state index contributed by atoms with van der Waals surface area (Å²) in [5.41, 5.74) is 0.601. The highest BCUT2D eigenvalue weighted by molar-refractivity contribution is 4.76. The average Bonchev–Trinajstić information content (AvgIpc) is 1.88. The van der Waals surface area contributed by atoms with E-state index in [9.17, 15) is 0 Å². The van der Waals surface area contributed by atoms with E-state index < -0.39 is 0 Å². The molecule has 0 heterocycles. The third-order valence-electron chi connectivity index (χ3n) is 3.04. The number of hydrogen-bond acceptors (Lipinski definition) is 0. The van der Waals surface area contributed by atoms with Crippen LogP contribution < -0.4 is 0 Å².